The highest BCUT2D eigenvalue weighted by atomic mass is 32.2. The summed E-state index contributed by atoms with van der Waals surface area (Å²) < 4.78 is 26.8. The molecule has 1 fully saturated rings. The van der Waals surface area contributed by atoms with Crippen LogP contribution in [0, 0.1) is 5.92 Å². The van der Waals surface area contributed by atoms with Crippen molar-refractivity contribution < 1.29 is 13.2 Å². The highest BCUT2D eigenvalue weighted by molar-refractivity contribution is 7.89. The zero-order chi connectivity index (χ0) is 15.5. The SMILES string of the molecule is CCC(C)NS(=O)(=O)c1ccc(NC(=O)C2CCC2)cc1. The van der Waals surface area contributed by atoms with Crippen molar-refractivity contribution in [3.8, 4) is 0 Å². The average molecular weight is 310 g/mol. The molecule has 1 aromatic carbocycles. The van der Waals surface area contributed by atoms with Gasteiger partial charge in [-0.05, 0) is 50.5 Å². The van der Waals surface area contributed by atoms with Gasteiger partial charge in [-0.25, -0.2) is 13.1 Å². The lowest BCUT2D eigenvalue weighted by Gasteiger charge is -2.24. The van der Waals surface area contributed by atoms with E-state index in [-0.39, 0.29) is 22.8 Å². The number of carbonyl (C=O) groups excluding carboxylic acids is 1. The molecule has 0 heterocycles. The summed E-state index contributed by atoms with van der Waals surface area (Å²) >= 11 is 0. The molecule has 0 bridgehead atoms. The summed E-state index contributed by atoms with van der Waals surface area (Å²) in [7, 11) is -3.49. The van der Waals surface area contributed by atoms with Gasteiger partial charge in [0, 0.05) is 17.6 Å². The third-order valence-electron chi connectivity index (χ3n) is 3.88. The summed E-state index contributed by atoms with van der Waals surface area (Å²) in [5, 5.41) is 2.82. The first-order valence-electron chi connectivity index (χ1n) is 7.35. The zero-order valence-corrected chi connectivity index (χ0v) is 13.2. The predicted octanol–water partition coefficient (Wildman–Crippen LogP) is 2.50. The zero-order valence-electron chi connectivity index (χ0n) is 12.4. The lowest BCUT2D eigenvalue weighted by Crippen LogP contribution is -2.32. The Kier molecular flexibility index (Phi) is 5.00. The maximum Gasteiger partial charge on any atom is 0.240 e. The third-order valence-corrected chi connectivity index (χ3v) is 5.48. The number of sulfonamides is 1. The van der Waals surface area contributed by atoms with Crippen molar-refractivity contribution in [1.29, 1.82) is 0 Å². The molecular weight excluding hydrogens is 288 g/mol. The van der Waals surface area contributed by atoms with E-state index < -0.39 is 10.0 Å². The fourth-order valence-electron chi connectivity index (χ4n) is 2.05. The monoisotopic (exact) mass is 310 g/mol. The Morgan fingerprint density at radius 3 is 2.38 bits per heavy atom. The molecular formula is C15H22N2O3S. The van der Waals surface area contributed by atoms with Crippen LogP contribution in [0.3, 0.4) is 0 Å². The van der Waals surface area contributed by atoms with Crippen LogP contribution in [0.15, 0.2) is 29.2 Å². The van der Waals surface area contributed by atoms with Crippen molar-refractivity contribution in [2.24, 2.45) is 5.92 Å². The van der Waals surface area contributed by atoms with Gasteiger partial charge in [0.25, 0.3) is 0 Å². The van der Waals surface area contributed by atoms with Crippen molar-refractivity contribution >= 4 is 21.6 Å². The topological polar surface area (TPSA) is 75.3 Å². The fraction of sp³-hybridized carbons (Fsp3) is 0.533. The van der Waals surface area contributed by atoms with Crippen LogP contribution in [0.5, 0.6) is 0 Å². The minimum Gasteiger partial charge on any atom is -0.326 e. The predicted molar refractivity (Wildman–Crippen MR) is 82.5 cm³/mol. The number of rotatable bonds is 6. The van der Waals surface area contributed by atoms with E-state index in [4.69, 9.17) is 0 Å². The van der Waals surface area contributed by atoms with Crippen LogP contribution in [0.25, 0.3) is 0 Å². The maximum absolute atomic E-state index is 12.1. The summed E-state index contributed by atoms with van der Waals surface area (Å²) in [6.45, 7) is 3.75. The lowest BCUT2D eigenvalue weighted by atomic mass is 9.85. The molecule has 6 heteroatoms. The molecule has 2 N–H and O–H groups in total. The molecule has 0 aromatic heterocycles. The molecule has 1 amide bonds. The first-order chi connectivity index (χ1) is 9.92. The normalized spacial score (nSPS) is 17.0. The molecule has 2 rings (SSSR count). The van der Waals surface area contributed by atoms with Crippen LogP contribution >= 0.6 is 0 Å². The van der Waals surface area contributed by atoms with E-state index in [1.807, 2.05) is 13.8 Å². The number of benzene rings is 1. The molecule has 1 unspecified atom stereocenters. The minimum absolute atomic E-state index is 0.0228. The van der Waals surface area contributed by atoms with Crippen molar-refractivity contribution in [2.45, 2.75) is 50.5 Å². The molecule has 0 saturated heterocycles. The quantitative estimate of drug-likeness (QED) is 0.847. The Labute approximate surface area is 126 Å². The molecule has 0 spiro atoms. The standard InChI is InChI=1S/C15H22N2O3S/c1-3-11(2)17-21(19,20)14-9-7-13(8-10-14)16-15(18)12-5-4-6-12/h7-12,17H,3-6H2,1-2H3,(H,16,18). The second kappa shape index (κ2) is 6.58. The number of amides is 1. The maximum atomic E-state index is 12.1. The first kappa shape index (κ1) is 16.0. The molecule has 1 saturated carbocycles. The van der Waals surface area contributed by atoms with Crippen LogP contribution in [0.4, 0.5) is 5.69 Å². The van der Waals surface area contributed by atoms with Gasteiger partial charge in [0.2, 0.25) is 15.9 Å². The van der Waals surface area contributed by atoms with Crippen LogP contribution in [0.2, 0.25) is 0 Å². The van der Waals surface area contributed by atoms with E-state index in [0.717, 1.165) is 25.7 Å². The number of hydrogen-bond acceptors (Lipinski definition) is 3. The van der Waals surface area contributed by atoms with Gasteiger partial charge in [-0.1, -0.05) is 13.3 Å². The van der Waals surface area contributed by atoms with Gasteiger partial charge in [-0.3, -0.25) is 4.79 Å². The van der Waals surface area contributed by atoms with Gasteiger partial charge in [0.15, 0.2) is 0 Å². The minimum atomic E-state index is -3.49. The molecule has 1 aromatic rings. The Morgan fingerprint density at radius 1 is 1.29 bits per heavy atom. The van der Waals surface area contributed by atoms with Gasteiger partial charge in [-0.2, -0.15) is 0 Å². The van der Waals surface area contributed by atoms with Gasteiger partial charge in [-0.15, -0.1) is 0 Å². The van der Waals surface area contributed by atoms with E-state index in [9.17, 15) is 13.2 Å². The highest BCUT2D eigenvalue weighted by Crippen LogP contribution is 2.27. The van der Waals surface area contributed by atoms with Gasteiger partial charge in [0.05, 0.1) is 4.90 Å². The van der Waals surface area contributed by atoms with Crippen molar-refractivity contribution in [3.63, 3.8) is 0 Å². The summed E-state index contributed by atoms with van der Waals surface area (Å²) in [6, 6.07) is 6.18. The van der Waals surface area contributed by atoms with Crippen LogP contribution in [0.1, 0.15) is 39.5 Å². The van der Waals surface area contributed by atoms with Crippen LogP contribution in [-0.4, -0.2) is 20.4 Å². The molecule has 0 aliphatic heterocycles. The summed E-state index contributed by atoms with van der Waals surface area (Å²) in [5.74, 6) is 0.134. The Morgan fingerprint density at radius 2 is 1.90 bits per heavy atom. The van der Waals surface area contributed by atoms with Crippen LogP contribution < -0.4 is 10.0 Å². The molecule has 116 valence electrons. The van der Waals surface area contributed by atoms with Gasteiger partial charge in [0.1, 0.15) is 0 Å². The molecule has 0 radical (unpaired) electrons. The molecule has 1 aliphatic carbocycles. The van der Waals surface area contributed by atoms with Gasteiger partial charge < -0.3 is 5.32 Å². The third kappa shape index (κ3) is 4.04. The van der Waals surface area contributed by atoms with Gasteiger partial charge >= 0.3 is 0 Å². The number of nitrogens with one attached hydrogen (secondary N) is 2. The summed E-state index contributed by atoms with van der Waals surface area (Å²) in [4.78, 5) is 12.0. The van der Waals surface area contributed by atoms with E-state index in [0.29, 0.717) is 5.69 Å². The number of carbonyl (C=O) groups is 1. The molecule has 1 aliphatic rings. The van der Waals surface area contributed by atoms with E-state index >= 15 is 0 Å². The Balaban J connectivity index is 2.02. The highest BCUT2D eigenvalue weighted by Gasteiger charge is 2.25. The summed E-state index contributed by atoms with van der Waals surface area (Å²) in [5.41, 5.74) is 0.634. The number of hydrogen-bond donors (Lipinski definition) is 2. The van der Waals surface area contributed by atoms with E-state index in [1.165, 1.54) is 12.1 Å². The Hall–Kier alpha value is -1.40. The molecule has 1 atom stereocenters. The smallest absolute Gasteiger partial charge is 0.240 e. The van der Waals surface area contributed by atoms with Crippen LogP contribution in [-0.2, 0) is 14.8 Å². The Bertz CT molecular complexity index is 592. The average Bonchev–Trinajstić information content (AvgIpc) is 2.36. The molecule has 5 nitrogen and oxygen atoms in total. The second-order valence-electron chi connectivity index (χ2n) is 5.57. The lowest BCUT2D eigenvalue weighted by molar-refractivity contribution is -0.122. The number of anilines is 1. The van der Waals surface area contributed by atoms with Crippen molar-refractivity contribution in [1.82, 2.24) is 4.72 Å². The molecule has 21 heavy (non-hydrogen) atoms. The largest absolute Gasteiger partial charge is 0.326 e. The second-order valence-corrected chi connectivity index (χ2v) is 7.29. The van der Waals surface area contributed by atoms with Crippen molar-refractivity contribution in [3.05, 3.63) is 24.3 Å². The summed E-state index contributed by atoms with van der Waals surface area (Å²) in [6.07, 6.45) is 3.72. The van der Waals surface area contributed by atoms with E-state index in [1.54, 1.807) is 12.1 Å². The van der Waals surface area contributed by atoms with E-state index in [2.05, 4.69) is 10.0 Å². The fourth-order valence-corrected chi connectivity index (χ4v) is 3.38. The first-order valence-corrected chi connectivity index (χ1v) is 8.84. The van der Waals surface area contributed by atoms with Crippen molar-refractivity contribution in [2.75, 3.05) is 5.32 Å².